The number of nitrogens with two attached hydrogens (primary N) is 1. The van der Waals surface area contributed by atoms with Gasteiger partial charge in [0.25, 0.3) is 0 Å². The van der Waals surface area contributed by atoms with Gasteiger partial charge in [0.05, 0.1) is 4.90 Å². The molecule has 0 bridgehead atoms. The number of hydrogen-bond acceptors (Lipinski definition) is 3. The number of hydrogen-bond donors (Lipinski definition) is 2. The van der Waals surface area contributed by atoms with Crippen LogP contribution in [0.25, 0.3) is 0 Å². The number of aryl methyl sites for hydroxylation is 1. The van der Waals surface area contributed by atoms with Crippen LogP contribution in [-0.4, -0.2) is 20.4 Å². The quantitative estimate of drug-likeness (QED) is 0.724. The van der Waals surface area contributed by atoms with Crippen molar-refractivity contribution < 1.29 is 13.2 Å². The summed E-state index contributed by atoms with van der Waals surface area (Å²) in [5, 5.41) is 8.06. The summed E-state index contributed by atoms with van der Waals surface area (Å²) in [5.41, 5.74) is 0.917. The molecule has 5 nitrogen and oxygen atoms in total. The van der Waals surface area contributed by atoms with Gasteiger partial charge in [0.1, 0.15) is 0 Å². The van der Waals surface area contributed by atoms with Crippen molar-refractivity contribution in [3.05, 3.63) is 29.8 Å². The average Bonchev–Trinajstić information content (AvgIpc) is 2.44. The normalized spacial score (nSPS) is 13.1. The molecule has 130 valence electrons. The molecule has 0 spiro atoms. The molecule has 0 aliphatic heterocycles. The van der Waals surface area contributed by atoms with E-state index in [1.807, 2.05) is 6.92 Å². The number of carbonyl (C=O) groups excluding carboxylic acids is 1. The van der Waals surface area contributed by atoms with Crippen LogP contribution in [-0.2, 0) is 21.2 Å². The molecule has 0 saturated carbocycles. The minimum atomic E-state index is -3.66. The second-order valence-electron chi connectivity index (χ2n) is 6.48. The molecule has 0 saturated heterocycles. The Morgan fingerprint density at radius 3 is 2.26 bits per heavy atom. The maximum Gasteiger partial charge on any atom is 0.238 e. The first-order chi connectivity index (χ1) is 10.7. The summed E-state index contributed by atoms with van der Waals surface area (Å²) in [4.78, 5) is 12.0. The zero-order chi connectivity index (χ0) is 17.5. The largest absolute Gasteiger partial charge is 0.354 e. The molecule has 1 rings (SSSR count). The molecule has 1 atom stereocenters. The van der Waals surface area contributed by atoms with Gasteiger partial charge in [-0.3, -0.25) is 4.79 Å². The maximum atomic E-state index is 11.9. The van der Waals surface area contributed by atoms with Crippen LogP contribution in [0.15, 0.2) is 29.2 Å². The van der Waals surface area contributed by atoms with Crippen molar-refractivity contribution in [2.24, 2.45) is 11.1 Å². The molecule has 0 heterocycles. The zero-order valence-corrected chi connectivity index (χ0v) is 15.0. The van der Waals surface area contributed by atoms with Crippen molar-refractivity contribution in [3.8, 4) is 0 Å². The van der Waals surface area contributed by atoms with Gasteiger partial charge in [-0.15, -0.1) is 0 Å². The fourth-order valence-corrected chi connectivity index (χ4v) is 2.87. The van der Waals surface area contributed by atoms with E-state index in [9.17, 15) is 13.2 Å². The lowest BCUT2D eigenvalue weighted by Gasteiger charge is -2.14. The first kappa shape index (κ1) is 19.6. The van der Waals surface area contributed by atoms with E-state index in [2.05, 4.69) is 19.2 Å². The third-order valence-electron chi connectivity index (χ3n) is 3.72. The summed E-state index contributed by atoms with van der Waals surface area (Å²) < 4.78 is 22.3. The van der Waals surface area contributed by atoms with E-state index in [4.69, 9.17) is 5.14 Å². The molecular formula is C17H28N2O3S. The second-order valence-corrected chi connectivity index (χ2v) is 8.04. The number of carbonyl (C=O) groups is 1. The summed E-state index contributed by atoms with van der Waals surface area (Å²) in [6, 6.07) is 6.51. The van der Waals surface area contributed by atoms with Crippen molar-refractivity contribution in [1.29, 1.82) is 0 Å². The van der Waals surface area contributed by atoms with Gasteiger partial charge >= 0.3 is 0 Å². The Morgan fingerprint density at radius 1 is 1.13 bits per heavy atom. The van der Waals surface area contributed by atoms with Crippen molar-refractivity contribution in [3.63, 3.8) is 0 Å². The van der Waals surface area contributed by atoms with Crippen LogP contribution >= 0.6 is 0 Å². The van der Waals surface area contributed by atoms with Crippen LogP contribution in [0.5, 0.6) is 0 Å². The Balaban J connectivity index is 2.35. The lowest BCUT2D eigenvalue weighted by Crippen LogP contribution is -2.32. The van der Waals surface area contributed by atoms with Gasteiger partial charge in [-0.2, -0.15) is 0 Å². The van der Waals surface area contributed by atoms with Crippen LogP contribution in [0.1, 0.15) is 52.0 Å². The first-order valence-electron chi connectivity index (χ1n) is 8.09. The molecule has 23 heavy (non-hydrogen) atoms. The highest BCUT2D eigenvalue weighted by atomic mass is 32.2. The van der Waals surface area contributed by atoms with Crippen molar-refractivity contribution in [2.75, 3.05) is 0 Å². The Labute approximate surface area is 139 Å². The van der Waals surface area contributed by atoms with E-state index >= 15 is 0 Å². The predicted octanol–water partition coefficient (Wildman–Crippen LogP) is 2.60. The summed E-state index contributed by atoms with van der Waals surface area (Å²) in [6.07, 6.45) is 4.26. The standard InChI is InChI=1S/C17H28N2O3S/c1-13(2)5-4-6-14(3)19-17(20)12-9-15-7-10-16(11-8-15)23(18,21)22/h7-8,10-11,13-14H,4-6,9,12H2,1-3H3,(H,19,20)(H2,18,21,22). The van der Waals surface area contributed by atoms with E-state index in [-0.39, 0.29) is 16.8 Å². The van der Waals surface area contributed by atoms with E-state index in [0.717, 1.165) is 18.4 Å². The van der Waals surface area contributed by atoms with Gasteiger partial charge < -0.3 is 5.32 Å². The van der Waals surface area contributed by atoms with Crippen LogP contribution in [0.2, 0.25) is 0 Å². The highest BCUT2D eigenvalue weighted by Gasteiger charge is 2.09. The van der Waals surface area contributed by atoms with Gasteiger partial charge in [0.15, 0.2) is 0 Å². The van der Waals surface area contributed by atoms with Crippen LogP contribution in [0.4, 0.5) is 0 Å². The Kier molecular flexibility index (Phi) is 7.72. The summed E-state index contributed by atoms with van der Waals surface area (Å²) in [5.74, 6) is 0.718. The van der Waals surface area contributed by atoms with E-state index in [1.165, 1.54) is 18.6 Å². The minimum absolute atomic E-state index is 0.0255. The number of nitrogens with one attached hydrogen (secondary N) is 1. The highest BCUT2D eigenvalue weighted by Crippen LogP contribution is 2.11. The van der Waals surface area contributed by atoms with Crippen molar-refractivity contribution in [2.45, 2.75) is 63.8 Å². The van der Waals surface area contributed by atoms with Crippen LogP contribution in [0, 0.1) is 5.92 Å². The molecule has 0 radical (unpaired) electrons. The molecule has 0 aliphatic rings. The fourth-order valence-electron chi connectivity index (χ4n) is 2.36. The lowest BCUT2D eigenvalue weighted by atomic mass is 10.0. The van der Waals surface area contributed by atoms with E-state index in [0.29, 0.717) is 18.8 Å². The smallest absolute Gasteiger partial charge is 0.238 e. The molecular weight excluding hydrogens is 312 g/mol. The number of amides is 1. The molecule has 1 aromatic carbocycles. The van der Waals surface area contributed by atoms with E-state index < -0.39 is 10.0 Å². The maximum absolute atomic E-state index is 11.9. The Bertz CT molecular complexity index is 595. The zero-order valence-electron chi connectivity index (χ0n) is 14.2. The Hall–Kier alpha value is -1.40. The molecule has 3 N–H and O–H groups in total. The topological polar surface area (TPSA) is 89.3 Å². The summed E-state index contributed by atoms with van der Waals surface area (Å²) in [6.45, 7) is 6.42. The predicted molar refractivity (Wildman–Crippen MR) is 92.4 cm³/mol. The average molecular weight is 340 g/mol. The lowest BCUT2D eigenvalue weighted by molar-refractivity contribution is -0.121. The molecule has 1 unspecified atom stereocenters. The van der Waals surface area contributed by atoms with Crippen molar-refractivity contribution in [1.82, 2.24) is 5.32 Å². The fraction of sp³-hybridized carbons (Fsp3) is 0.588. The summed E-state index contributed by atoms with van der Waals surface area (Å²) in [7, 11) is -3.66. The third kappa shape index (κ3) is 8.13. The van der Waals surface area contributed by atoms with Crippen LogP contribution in [0.3, 0.4) is 0 Å². The van der Waals surface area contributed by atoms with Gasteiger partial charge in [0, 0.05) is 12.5 Å². The molecule has 0 aliphatic carbocycles. The highest BCUT2D eigenvalue weighted by molar-refractivity contribution is 7.89. The summed E-state index contributed by atoms with van der Waals surface area (Å²) >= 11 is 0. The van der Waals surface area contributed by atoms with Gasteiger partial charge in [0.2, 0.25) is 15.9 Å². The molecule has 6 heteroatoms. The van der Waals surface area contributed by atoms with Gasteiger partial charge in [-0.25, -0.2) is 13.6 Å². The Morgan fingerprint density at radius 2 is 1.74 bits per heavy atom. The monoisotopic (exact) mass is 340 g/mol. The number of primary sulfonamides is 1. The molecule has 1 aromatic rings. The minimum Gasteiger partial charge on any atom is -0.354 e. The van der Waals surface area contributed by atoms with E-state index in [1.54, 1.807) is 12.1 Å². The molecule has 0 fully saturated rings. The SMILES string of the molecule is CC(C)CCCC(C)NC(=O)CCc1ccc(S(N)(=O)=O)cc1. The first-order valence-corrected chi connectivity index (χ1v) is 9.64. The number of sulfonamides is 1. The van der Waals surface area contributed by atoms with Gasteiger partial charge in [-0.1, -0.05) is 38.8 Å². The number of rotatable bonds is 9. The molecule has 0 aromatic heterocycles. The van der Waals surface area contributed by atoms with Gasteiger partial charge in [-0.05, 0) is 43.4 Å². The number of benzene rings is 1. The third-order valence-corrected chi connectivity index (χ3v) is 4.65. The van der Waals surface area contributed by atoms with Crippen molar-refractivity contribution >= 4 is 15.9 Å². The van der Waals surface area contributed by atoms with Crippen LogP contribution < -0.4 is 10.5 Å². The molecule has 1 amide bonds. The second kappa shape index (κ2) is 9.03.